The average molecular weight is 281 g/mol. The summed E-state index contributed by atoms with van der Waals surface area (Å²) in [6.45, 7) is 2.21. The normalized spacial score (nSPS) is 11.4. The van der Waals surface area contributed by atoms with Gasteiger partial charge in [-0.05, 0) is 24.5 Å². The molecule has 19 heavy (non-hydrogen) atoms. The SMILES string of the molecule is CSC(C)CNC(=O)c1ccc(C#CCO)c(F)c1. The van der Waals surface area contributed by atoms with Crippen LogP contribution in [-0.2, 0) is 0 Å². The molecule has 1 aromatic carbocycles. The van der Waals surface area contributed by atoms with Crippen LogP contribution >= 0.6 is 11.8 Å². The number of hydrogen-bond donors (Lipinski definition) is 2. The molecule has 1 unspecified atom stereocenters. The first-order valence-electron chi connectivity index (χ1n) is 5.78. The van der Waals surface area contributed by atoms with Crippen molar-refractivity contribution in [3.63, 3.8) is 0 Å². The predicted octanol–water partition coefficient (Wildman–Crippen LogP) is 1.65. The molecule has 1 rings (SSSR count). The number of hydrogen-bond acceptors (Lipinski definition) is 3. The van der Waals surface area contributed by atoms with Crippen molar-refractivity contribution in [1.82, 2.24) is 5.32 Å². The van der Waals surface area contributed by atoms with E-state index in [1.165, 1.54) is 12.1 Å². The van der Waals surface area contributed by atoms with E-state index in [2.05, 4.69) is 17.2 Å². The van der Waals surface area contributed by atoms with Gasteiger partial charge in [0.05, 0.1) is 5.56 Å². The Labute approximate surface area is 116 Å². The van der Waals surface area contributed by atoms with Crippen LogP contribution in [0.25, 0.3) is 0 Å². The van der Waals surface area contributed by atoms with Crippen LogP contribution in [0.15, 0.2) is 18.2 Å². The first-order valence-corrected chi connectivity index (χ1v) is 7.07. The topological polar surface area (TPSA) is 49.3 Å². The quantitative estimate of drug-likeness (QED) is 0.825. The third kappa shape index (κ3) is 4.93. The average Bonchev–Trinajstić information content (AvgIpc) is 2.42. The zero-order valence-corrected chi connectivity index (χ0v) is 11.7. The maximum atomic E-state index is 13.6. The maximum absolute atomic E-state index is 13.6. The van der Waals surface area contributed by atoms with E-state index in [0.29, 0.717) is 11.8 Å². The monoisotopic (exact) mass is 281 g/mol. The third-order valence-electron chi connectivity index (χ3n) is 2.49. The minimum absolute atomic E-state index is 0.170. The van der Waals surface area contributed by atoms with Gasteiger partial charge < -0.3 is 10.4 Å². The number of nitrogens with one attached hydrogen (secondary N) is 1. The molecule has 0 aliphatic carbocycles. The van der Waals surface area contributed by atoms with Gasteiger partial charge in [0.15, 0.2) is 0 Å². The van der Waals surface area contributed by atoms with Crippen LogP contribution in [0.4, 0.5) is 4.39 Å². The van der Waals surface area contributed by atoms with Crippen molar-refractivity contribution >= 4 is 17.7 Å². The summed E-state index contributed by atoms with van der Waals surface area (Å²) < 4.78 is 13.6. The molecule has 0 aliphatic rings. The van der Waals surface area contributed by atoms with Gasteiger partial charge in [-0.25, -0.2) is 4.39 Å². The summed E-state index contributed by atoms with van der Waals surface area (Å²) in [6.07, 6.45) is 1.96. The number of amides is 1. The second-order valence-electron chi connectivity index (χ2n) is 3.91. The van der Waals surface area contributed by atoms with E-state index in [0.717, 1.165) is 6.07 Å². The van der Waals surface area contributed by atoms with Crippen molar-refractivity contribution < 1.29 is 14.3 Å². The van der Waals surface area contributed by atoms with Crippen LogP contribution in [0.1, 0.15) is 22.8 Å². The minimum Gasteiger partial charge on any atom is -0.384 e. The van der Waals surface area contributed by atoms with E-state index in [4.69, 9.17) is 5.11 Å². The smallest absolute Gasteiger partial charge is 0.251 e. The molecule has 0 radical (unpaired) electrons. The first kappa shape index (κ1) is 15.5. The molecule has 0 aromatic heterocycles. The van der Waals surface area contributed by atoms with Gasteiger partial charge in [0, 0.05) is 17.4 Å². The lowest BCUT2D eigenvalue weighted by atomic mass is 10.1. The number of carbonyl (C=O) groups excluding carboxylic acids is 1. The third-order valence-corrected chi connectivity index (χ3v) is 3.46. The van der Waals surface area contributed by atoms with E-state index in [9.17, 15) is 9.18 Å². The molecule has 1 aromatic rings. The van der Waals surface area contributed by atoms with Crippen molar-refractivity contribution in [3.05, 3.63) is 35.1 Å². The summed E-state index contributed by atoms with van der Waals surface area (Å²) in [5.41, 5.74) is 0.434. The van der Waals surface area contributed by atoms with Gasteiger partial charge in [-0.1, -0.05) is 18.8 Å². The number of thioether (sulfide) groups is 1. The molecule has 1 atom stereocenters. The van der Waals surface area contributed by atoms with Gasteiger partial charge in [-0.3, -0.25) is 4.79 Å². The molecule has 1 amide bonds. The summed E-state index contributed by atoms with van der Waals surface area (Å²) in [5, 5.41) is 11.6. The summed E-state index contributed by atoms with van der Waals surface area (Å²) in [5.74, 6) is 3.97. The molecule has 0 heterocycles. The number of rotatable bonds is 4. The molecule has 0 fully saturated rings. The molecule has 102 valence electrons. The van der Waals surface area contributed by atoms with Crippen molar-refractivity contribution in [2.24, 2.45) is 0 Å². The Morgan fingerprint density at radius 3 is 2.89 bits per heavy atom. The molecule has 5 heteroatoms. The van der Waals surface area contributed by atoms with E-state index in [1.54, 1.807) is 11.8 Å². The fraction of sp³-hybridized carbons (Fsp3) is 0.357. The zero-order chi connectivity index (χ0) is 14.3. The van der Waals surface area contributed by atoms with Crippen molar-refractivity contribution in [3.8, 4) is 11.8 Å². The summed E-state index contributed by atoms with van der Waals surface area (Å²) in [6, 6.07) is 4.11. The Morgan fingerprint density at radius 1 is 1.58 bits per heavy atom. The highest BCUT2D eigenvalue weighted by Gasteiger charge is 2.09. The van der Waals surface area contributed by atoms with Crippen LogP contribution in [0.2, 0.25) is 0 Å². The summed E-state index contributed by atoms with van der Waals surface area (Å²) >= 11 is 1.65. The van der Waals surface area contributed by atoms with Crippen LogP contribution < -0.4 is 5.32 Å². The van der Waals surface area contributed by atoms with E-state index in [1.807, 2.05) is 13.2 Å². The van der Waals surface area contributed by atoms with E-state index >= 15 is 0 Å². The van der Waals surface area contributed by atoms with Crippen LogP contribution in [-0.4, -0.2) is 35.7 Å². The molecule has 3 nitrogen and oxygen atoms in total. The Kier molecular flexibility index (Phi) is 6.40. The van der Waals surface area contributed by atoms with Gasteiger partial charge in [-0.15, -0.1) is 0 Å². The molecule has 0 aliphatic heterocycles. The fourth-order valence-electron chi connectivity index (χ4n) is 1.31. The van der Waals surface area contributed by atoms with Crippen LogP contribution in [0, 0.1) is 17.7 Å². The molecular weight excluding hydrogens is 265 g/mol. The molecular formula is C14H16FNO2S. The molecule has 0 saturated carbocycles. The number of carbonyl (C=O) groups is 1. The number of benzene rings is 1. The van der Waals surface area contributed by atoms with Crippen molar-refractivity contribution in [2.45, 2.75) is 12.2 Å². The van der Waals surface area contributed by atoms with Crippen molar-refractivity contribution in [2.75, 3.05) is 19.4 Å². The number of aliphatic hydroxyl groups is 1. The highest BCUT2D eigenvalue weighted by molar-refractivity contribution is 7.99. The van der Waals surface area contributed by atoms with Gasteiger partial charge >= 0.3 is 0 Å². The Hall–Kier alpha value is -1.51. The second-order valence-corrected chi connectivity index (χ2v) is 5.19. The summed E-state index contributed by atoms with van der Waals surface area (Å²) in [4.78, 5) is 11.8. The van der Waals surface area contributed by atoms with Gasteiger partial charge in [0.1, 0.15) is 12.4 Å². The Morgan fingerprint density at radius 2 is 2.32 bits per heavy atom. The predicted molar refractivity (Wildman–Crippen MR) is 75.7 cm³/mol. The Balaban J connectivity index is 2.74. The first-order chi connectivity index (χ1) is 9.08. The largest absolute Gasteiger partial charge is 0.384 e. The van der Waals surface area contributed by atoms with E-state index in [-0.39, 0.29) is 23.6 Å². The number of halogens is 1. The van der Waals surface area contributed by atoms with Crippen molar-refractivity contribution in [1.29, 1.82) is 0 Å². The van der Waals surface area contributed by atoms with Crippen LogP contribution in [0.3, 0.4) is 0 Å². The van der Waals surface area contributed by atoms with E-state index < -0.39 is 5.82 Å². The standard InChI is InChI=1S/C14H16FNO2S/c1-10(19-2)9-16-14(18)12-6-5-11(4-3-7-17)13(15)8-12/h5-6,8,10,17H,7,9H2,1-2H3,(H,16,18). The lowest BCUT2D eigenvalue weighted by Crippen LogP contribution is -2.29. The minimum atomic E-state index is -0.563. The highest BCUT2D eigenvalue weighted by Crippen LogP contribution is 2.10. The molecule has 0 spiro atoms. The lowest BCUT2D eigenvalue weighted by Gasteiger charge is -2.10. The van der Waals surface area contributed by atoms with Gasteiger partial charge in [0.25, 0.3) is 5.91 Å². The Bertz CT molecular complexity index is 508. The summed E-state index contributed by atoms with van der Waals surface area (Å²) in [7, 11) is 0. The molecule has 0 saturated heterocycles. The molecule has 0 bridgehead atoms. The maximum Gasteiger partial charge on any atom is 0.251 e. The van der Waals surface area contributed by atoms with Gasteiger partial charge in [0.2, 0.25) is 0 Å². The zero-order valence-electron chi connectivity index (χ0n) is 10.9. The highest BCUT2D eigenvalue weighted by atomic mass is 32.2. The molecule has 2 N–H and O–H groups in total. The lowest BCUT2D eigenvalue weighted by molar-refractivity contribution is 0.0953. The number of aliphatic hydroxyl groups excluding tert-OH is 1. The second kappa shape index (κ2) is 7.82. The van der Waals surface area contributed by atoms with Crippen LogP contribution in [0.5, 0.6) is 0 Å². The fourth-order valence-corrected chi connectivity index (χ4v) is 1.56. The van der Waals surface area contributed by atoms with Gasteiger partial charge in [-0.2, -0.15) is 11.8 Å².